The zero-order valence-electron chi connectivity index (χ0n) is 13.2. The Hall–Kier alpha value is -2.29. The van der Waals surface area contributed by atoms with Crippen molar-refractivity contribution in [2.24, 2.45) is 5.10 Å². The number of benzene rings is 2. The first-order chi connectivity index (χ1) is 11.4. The molecule has 24 heavy (non-hydrogen) atoms. The van der Waals surface area contributed by atoms with Gasteiger partial charge in [-0.05, 0) is 46.7 Å². The molecule has 0 aliphatic carbocycles. The summed E-state index contributed by atoms with van der Waals surface area (Å²) >= 11 is 2.12. The average Bonchev–Trinajstić information content (AvgIpc) is 2.54. The number of nitrogens with one attached hydrogen (secondary N) is 1. The highest BCUT2D eigenvalue weighted by Gasteiger charge is 2.16. The molecule has 0 unspecified atom stereocenters. The van der Waals surface area contributed by atoms with Crippen molar-refractivity contribution in [3.05, 3.63) is 72.8 Å². The smallest absolute Gasteiger partial charge is 0.267 e. The largest absolute Gasteiger partial charge is 0.273 e. The summed E-state index contributed by atoms with van der Waals surface area (Å²) in [6.45, 7) is 3.80. The molecule has 0 bridgehead atoms. The molecule has 1 amide bonds. The summed E-state index contributed by atoms with van der Waals surface area (Å²) in [5.74, 6) is -0.283. The van der Waals surface area contributed by atoms with Crippen molar-refractivity contribution in [3.8, 4) is 0 Å². The van der Waals surface area contributed by atoms with Crippen molar-refractivity contribution >= 4 is 40.4 Å². The molecule has 6 nitrogen and oxygen atoms in total. The van der Waals surface area contributed by atoms with Crippen LogP contribution in [0.1, 0.15) is 41.3 Å². The van der Waals surface area contributed by atoms with Crippen LogP contribution in [0.5, 0.6) is 0 Å². The summed E-state index contributed by atoms with van der Waals surface area (Å²) in [5, 5.41) is 15.0. The highest BCUT2D eigenvalue weighted by Crippen LogP contribution is 2.26. The molecule has 0 aliphatic rings. The van der Waals surface area contributed by atoms with E-state index in [0.29, 0.717) is 16.7 Å². The number of nitrogens with zero attached hydrogens (tertiary/aromatic N) is 2. The van der Waals surface area contributed by atoms with E-state index in [2.05, 4.69) is 33.1 Å². The molecule has 2 aromatic rings. The number of amides is 1. The third-order valence-electron chi connectivity index (χ3n) is 3.34. The number of nitro benzene ring substituents is 1. The Morgan fingerprint density at radius 3 is 2.67 bits per heavy atom. The number of hydrazone groups is 1. The van der Waals surface area contributed by atoms with Gasteiger partial charge in [0.05, 0.1) is 11.1 Å². The van der Waals surface area contributed by atoms with Crippen molar-refractivity contribution in [2.45, 2.75) is 19.8 Å². The number of rotatable bonds is 5. The predicted molar refractivity (Wildman–Crippen MR) is 101 cm³/mol. The lowest BCUT2D eigenvalue weighted by Crippen LogP contribution is -2.17. The van der Waals surface area contributed by atoms with Crippen molar-refractivity contribution in [3.63, 3.8) is 0 Å². The van der Waals surface area contributed by atoms with Crippen LogP contribution in [-0.2, 0) is 0 Å². The zero-order valence-corrected chi connectivity index (χ0v) is 15.4. The number of carbonyl (C=O) groups excluding carboxylic acids is 1. The van der Waals surface area contributed by atoms with Crippen molar-refractivity contribution < 1.29 is 9.72 Å². The minimum absolute atomic E-state index is 0.0524. The van der Waals surface area contributed by atoms with Crippen LogP contribution in [0.25, 0.3) is 0 Å². The normalized spacial score (nSPS) is 11.0. The molecule has 0 spiro atoms. The summed E-state index contributed by atoms with van der Waals surface area (Å²) in [5.41, 5.74) is 4.19. The van der Waals surface area contributed by atoms with Crippen LogP contribution in [0.3, 0.4) is 0 Å². The van der Waals surface area contributed by atoms with Gasteiger partial charge in [-0.25, -0.2) is 5.43 Å². The molecule has 0 fully saturated rings. The Morgan fingerprint density at radius 1 is 1.29 bits per heavy atom. The van der Waals surface area contributed by atoms with Crippen molar-refractivity contribution in [1.29, 1.82) is 0 Å². The van der Waals surface area contributed by atoms with Gasteiger partial charge in [0, 0.05) is 26.3 Å². The SMILES string of the molecule is CC(C)c1ccc(/C=N\NC(=O)c2cccc(I)c2)cc1[N+](=O)[O-]. The molecule has 124 valence electrons. The van der Waals surface area contributed by atoms with E-state index in [1.165, 1.54) is 12.3 Å². The van der Waals surface area contributed by atoms with Crippen LogP contribution in [-0.4, -0.2) is 17.0 Å². The van der Waals surface area contributed by atoms with Crippen LogP contribution in [0, 0.1) is 13.7 Å². The Balaban J connectivity index is 2.13. The van der Waals surface area contributed by atoms with Gasteiger partial charge in [-0.3, -0.25) is 14.9 Å². The Bertz CT molecular complexity index is 803. The fourth-order valence-corrected chi connectivity index (χ4v) is 2.69. The molecule has 0 radical (unpaired) electrons. The summed E-state index contributed by atoms with van der Waals surface area (Å²) < 4.78 is 0.948. The maximum absolute atomic E-state index is 12.0. The first kappa shape index (κ1) is 18.1. The number of hydrogen-bond donors (Lipinski definition) is 1. The van der Waals surface area contributed by atoms with Crippen molar-refractivity contribution in [1.82, 2.24) is 5.43 Å². The minimum atomic E-state index is -0.406. The molecular weight excluding hydrogens is 421 g/mol. The van der Waals surface area contributed by atoms with E-state index >= 15 is 0 Å². The second-order valence-electron chi connectivity index (χ2n) is 5.44. The number of nitro groups is 1. The van der Waals surface area contributed by atoms with Gasteiger partial charge in [0.1, 0.15) is 0 Å². The zero-order chi connectivity index (χ0) is 17.7. The lowest BCUT2D eigenvalue weighted by molar-refractivity contribution is -0.385. The van der Waals surface area contributed by atoms with Crippen LogP contribution in [0.2, 0.25) is 0 Å². The molecule has 0 saturated carbocycles. The molecule has 7 heteroatoms. The molecular formula is C17H16IN3O3. The average molecular weight is 437 g/mol. The quantitative estimate of drug-likeness (QED) is 0.331. The number of carbonyl (C=O) groups is 1. The van der Waals surface area contributed by atoms with Gasteiger partial charge in [-0.2, -0.15) is 5.10 Å². The van der Waals surface area contributed by atoms with E-state index in [0.717, 1.165) is 3.57 Å². The van der Waals surface area contributed by atoms with Crippen LogP contribution in [0.15, 0.2) is 47.6 Å². The molecule has 0 aliphatic heterocycles. The first-order valence-corrected chi connectivity index (χ1v) is 8.33. The molecule has 0 atom stereocenters. The van der Waals surface area contributed by atoms with Gasteiger partial charge in [-0.1, -0.05) is 32.0 Å². The standard InChI is InChI=1S/C17H16IN3O3/c1-11(2)15-7-6-12(8-16(15)21(23)24)10-19-20-17(22)13-4-3-5-14(18)9-13/h3-11H,1-2H3,(H,20,22)/b19-10-. The summed E-state index contributed by atoms with van der Waals surface area (Å²) in [6, 6.07) is 12.0. The molecule has 1 N–H and O–H groups in total. The van der Waals surface area contributed by atoms with Gasteiger partial charge in [0.25, 0.3) is 11.6 Å². The monoisotopic (exact) mass is 437 g/mol. The third kappa shape index (κ3) is 4.60. The summed E-state index contributed by atoms with van der Waals surface area (Å²) in [4.78, 5) is 22.7. The fraction of sp³-hybridized carbons (Fsp3) is 0.176. The lowest BCUT2D eigenvalue weighted by atomic mass is 9.99. The minimum Gasteiger partial charge on any atom is -0.267 e. The molecule has 0 saturated heterocycles. The molecule has 2 aromatic carbocycles. The van der Waals surface area contributed by atoms with E-state index < -0.39 is 4.92 Å². The maximum atomic E-state index is 12.0. The van der Waals surface area contributed by atoms with Gasteiger partial charge in [0.2, 0.25) is 0 Å². The molecule has 0 heterocycles. The Morgan fingerprint density at radius 2 is 2.04 bits per heavy atom. The predicted octanol–water partition coefficient (Wildman–Crippen LogP) is 4.09. The van der Waals surface area contributed by atoms with Gasteiger partial charge in [0.15, 0.2) is 0 Å². The van der Waals surface area contributed by atoms with E-state index in [-0.39, 0.29) is 17.5 Å². The first-order valence-electron chi connectivity index (χ1n) is 7.26. The van der Waals surface area contributed by atoms with E-state index in [1.54, 1.807) is 30.3 Å². The van der Waals surface area contributed by atoms with E-state index in [9.17, 15) is 14.9 Å². The highest BCUT2D eigenvalue weighted by molar-refractivity contribution is 14.1. The van der Waals surface area contributed by atoms with Crippen LogP contribution < -0.4 is 5.43 Å². The third-order valence-corrected chi connectivity index (χ3v) is 4.01. The topological polar surface area (TPSA) is 84.6 Å². The molecule has 2 rings (SSSR count). The highest BCUT2D eigenvalue weighted by atomic mass is 127. The van der Waals surface area contributed by atoms with Crippen molar-refractivity contribution in [2.75, 3.05) is 0 Å². The summed E-state index contributed by atoms with van der Waals surface area (Å²) in [7, 11) is 0. The van der Waals surface area contributed by atoms with Gasteiger partial charge < -0.3 is 0 Å². The Kier molecular flexibility index (Phi) is 6.02. The maximum Gasteiger partial charge on any atom is 0.273 e. The van der Waals surface area contributed by atoms with E-state index in [4.69, 9.17) is 0 Å². The summed E-state index contributed by atoms with van der Waals surface area (Å²) in [6.07, 6.45) is 1.39. The number of hydrogen-bond acceptors (Lipinski definition) is 4. The molecule has 0 aromatic heterocycles. The van der Waals surface area contributed by atoms with Gasteiger partial charge in [-0.15, -0.1) is 0 Å². The number of halogens is 1. The van der Waals surface area contributed by atoms with Gasteiger partial charge >= 0.3 is 0 Å². The fourth-order valence-electron chi connectivity index (χ4n) is 2.15. The lowest BCUT2D eigenvalue weighted by Gasteiger charge is -2.06. The van der Waals surface area contributed by atoms with Crippen LogP contribution >= 0.6 is 22.6 Å². The Labute approximate surface area is 153 Å². The van der Waals surface area contributed by atoms with E-state index in [1.807, 2.05) is 19.9 Å². The second-order valence-corrected chi connectivity index (χ2v) is 6.69. The second kappa shape index (κ2) is 8.00. The van der Waals surface area contributed by atoms with Crippen LogP contribution in [0.4, 0.5) is 5.69 Å².